The maximum absolute atomic E-state index is 12.7. The molecule has 2 aromatic rings. The molecule has 5 heteroatoms. The van der Waals surface area contributed by atoms with Gasteiger partial charge in [0, 0.05) is 5.56 Å². The highest BCUT2D eigenvalue weighted by molar-refractivity contribution is 6.17. The Kier molecular flexibility index (Phi) is 4.30. The van der Waals surface area contributed by atoms with Crippen LogP contribution in [0.4, 0.5) is 0 Å². The van der Waals surface area contributed by atoms with Gasteiger partial charge in [0.15, 0.2) is 11.6 Å². The van der Waals surface area contributed by atoms with Crippen LogP contribution < -0.4 is 4.74 Å². The van der Waals surface area contributed by atoms with Gasteiger partial charge in [-0.1, -0.05) is 13.8 Å². The van der Waals surface area contributed by atoms with Crippen molar-refractivity contribution >= 4 is 17.3 Å². The van der Waals surface area contributed by atoms with Gasteiger partial charge in [-0.15, -0.1) is 0 Å². The zero-order valence-corrected chi connectivity index (χ0v) is 15.5. The predicted molar refractivity (Wildman–Crippen MR) is 105 cm³/mol. The first kappa shape index (κ1) is 17.5. The highest BCUT2D eigenvalue weighted by Gasteiger charge is 2.37. The average Bonchev–Trinajstić information content (AvgIpc) is 3.18. The van der Waals surface area contributed by atoms with Gasteiger partial charge in [-0.3, -0.25) is 9.79 Å². The van der Waals surface area contributed by atoms with E-state index in [0.29, 0.717) is 30.1 Å². The Labute approximate surface area is 158 Å². The Balaban J connectivity index is 1.62. The number of aliphatic imine (C=N–C) groups is 2. The molecule has 4 rings (SSSR count). The second-order valence-corrected chi connectivity index (χ2v) is 7.05. The third kappa shape index (κ3) is 3.14. The number of nitrogens with zero attached hydrogens (tertiary/aromatic N) is 2. The van der Waals surface area contributed by atoms with Crippen molar-refractivity contribution in [2.45, 2.75) is 38.7 Å². The van der Waals surface area contributed by atoms with Gasteiger partial charge in [0.2, 0.25) is 0 Å². The first-order valence-corrected chi connectivity index (χ1v) is 9.31. The van der Waals surface area contributed by atoms with Crippen LogP contribution in [0.25, 0.3) is 0 Å². The molecule has 2 aliphatic rings. The maximum Gasteiger partial charge on any atom is 0.170 e. The molecule has 0 unspecified atom stereocenters. The Hall–Kier alpha value is -2.95. The average molecular weight is 362 g/mol. The van der Waals surface area contributed by atoms with E-state index < -0.39 is 0 Å². The molecule has 27 heavy (non-hydrogen) atoms. The molecular weight excluding hydrogens is 340 g/mol. The largest absolute Gasteiger partial charge is 0.508 e. The van der Waals surface area contributed by atoms with Crippen LogP contribution in [0, 0.1) is 0 Å². The first-order valence-electron chi connectivity index (χ1n) is 9.31. The molecule has 2 aromatic carbocycles. The van der Waals surface area contributed by atoms with Crippen molar-refractivity contribution in [2.24, 2.45) is 9.98 Å². The number of ketones is 1. The fourth-order valence-electron chi connectivity index (χ4n) is 3.59. The van der Waals surface area contributed by atoms with Gasteiger partial charge >= 0.3 is 0 Å². The van der Waals surface area contributed by atoms with Crippen molar-refractivity contribution in [1.82, 2.24) is 0 Å². The topological polar surface area (TPSA) is 71.2 Å². The minimum Gasteiger partial charge on any atom is -0.508 e. The minimum absolute atomic E-state index is 0.125. The summed E-state index contributed by atoms with van der Waals surface area (Å²) < 4.78 is 6.19. The van der Waals surface area contributed by atoms with Crippen molar-refractivity contribution in [1.29, 1.82) is 0 Å². The summed E-state index contributed by atoms with van der Waals surface area (Å²) in [5.74, 6) is 1.64. The van der Waals surface area contributed by atoms with E-state index in [1.165, 1.54) is 0 Å². The van der Waals surface area contributed by atoms with E-state index in [2.05, 4.69) is 23.8 Å². The summed E-state index contributed by atoms with van der Waals surface area (Å²) in [6, 6.07) is 12.5. The van der Waals surface area contributed by atoms with Crippen LogP contribution in [0.5, 0.6) is 11.5 Å². The number of phenolic OH excluding ortho intramolecular Hbond substituents is 1. The first-order chi connectivity index (χ1) is 13.0. The number of rotatable bonds is 4. The summed E-state index contributed by atoms with van der Waals surface area (Å²) in [7, 11) is 0. The third-order valence-electron chi connectivity index (χ3n) is 5.46. The standard InChI is InChI=1S/C22H22N2O3/c1-3-22(4-2)12-19(26)17-11-15(7-10-20(17)27-22)18-13-23-21(24-18)14-5-8-16(25)9-6-14/h5-11,25H,3-4,12-13H2,1-2H3. The number of carbonyl (C=O) groups is 1. The number of benzene rings is 2. The van der Waals surface area contributed by atoms with Gasteiger partial charge in [-0.05, 0) is 60.9 Å². The lowest BCUT2D eigenvalue weighted by Crippen LogP contribution is -2.41. The molecule has 0 aromatic heterocycles. The SMILES string of the molecule is CCC1(CC)CC(=O)c2cc(C3=NC(c4ccc(O)cc4)=NC3)ccc2O1. The minimum atomic E-state index is -0.383. The number of fused-ring (bicyclic) bond motifs is 1. The van der Waals surface area contributed by atoms with Gasteiger partial charge in [0.25, 0.3) is 0 Å². The highest BCUT2D eigenvalue weighted by Crippen LogP contribution is 2.37. The van der Waals surface area contributed by atoms with Crippen LogP contribution in [0.15, 0.2) is 52.4 Å². The van der Waals surface area contributed by atoms with Crippen molar-refractivity contribution in [2.75, 3.05) is 6.54 Å². The van der Waals surface area contributed by atoms with Crippen LogP contribution in [0.2, 0.25) is 0 Å². The Bertz CT molecular complexity index is 954. The molecule has 0 saturated carbocycles. The van der Waals surface area contributed by atoms with E-state index in [1.807, 2.05) is 18.2 Å². The summed E-state index contributed by atoms with van der Waals surface area (Å²) in [4.78, 5) is 21.8. The molecule has 2 heterocycles. The van der Waals surface area contributed by atoms with Gasteiger partial charge in [-0.2, -0.15) is 0 Å². The monoisotopic (exact) mass is 362 g/mol. The molecule has 5 nitrogen and oxygen atoms in total. The van der Waals surface area contributed by atoms with Crippen molar-refractivity contribution in [3.63, 3.8) is 0 Å². The molecular formula is C22H22N2O3. The van der Waals surface area contributed by atoms with Crippen LogP contribution >= 0.6 is 0 Å². The Morgan fingerprint density at radius 3 is 2.48 bits per heavy atom. The van der Waals surface area contributed by atoms with E-state index >= 15 is 0 Å². The third-order valence-corrected chi connectivity index (χ3v) is 5.46. The zero-order valence-electron chi connectivity index (χ0n) is 15.5. The van der Waals surface area contributed by atoms with Gasteiger partial charge in [0.05, 0.1) is 24.2 Å². The van der Waals surface area contributed by atoms with E-state index in [4.69, 9.17) is 4.74 Å². The molecule has 0 saturated heterocycles. The van der Waals surface area contributed by atoms with Crippen molar-refractivity contribution < 1.29 is 14.6 Å². The lowest BCUT2D eigenvalue weighted by Gasteiger charge is -2.36. The van der Waals surface area contributed by atoms with Gasteiger partial charge < -0.3 is 9.84 Å². The van der Waals surface area contributed by atoms with Crippen molar-refractivity contribution in [3.05, 3.63) is 59.2 Å². The summed E-state index contributed by atoms with van der Waals surface area (Å²) in [5, 5.41) is 9.42. The summed E-state index contributed by atoms with van der Waals surface area (Å²) in [6.45, 7) is 4.59. The number of carbonyl (C=O) groups excluding carboxylic acids is 1. The fraction of sp³-hybridized carbons (Fsp3) is 0.318. The molecule has 2 aliphatic heterocycles. The highest BCUT2D eigenvalue weighted by atomic mass is 16.5. The molecule has 0 spiro atoms. The number of phenols is 1. The Morgan fingerprint density at radius 1 is 1.07 bits per heavy atom. The van der Waals surface area contributed by atoms with Crippen LogP contribution in [0.3, 0.4) is 0 Å². The van der Waals surface area contributed by atoms with Crippen LogP contribution in [-0.2, 0) is 0 Å². The molecule has 138 valence electrons. The number of aromatic hydroxyl groups is 1. The lowest BCUT2D eigenvalue weighted by atomic mass is 9.85. The number of amidine groups is 1. The molecule has 1 N–H and O–H groups in total. The maximum atomic E-state index is 12.7. The van der Waals surface area contributed by atoms with Gasteiger partial charge in [0.1, 0.15) is 17.1 Å². The fourth-order valence-corrected chi connectivity index (χ4v) is 3.59. The number of ether oxygens (including phenoxy) is 1. The normalized spacial score (nSPS) is 17.8. The summed E-state index contributed by atoms with van der Waals surface area (Å²) in [5.41, 5.74) is 2.83. The number of hydrogen-bond donors (Lipinski definition) is 1. The van der Waals surface area contributed by atoms with Gasteiger partial charge in [-0.25, -0.2) is 4.99 Å². The molecule has 0 amide bonds. The quantitative estimate of drug-likeness (QED) is 0.887. The molecule has 0 fully saturated rings. The molecule has 0 bridgehead atoms. The second-order valence-electron chi connectivity index (χ2n) is 7.05. The van der Waals surface area contributed by atoms with E-state index in [0.717, 1.165) is 29.7 Å². The lowest BCUT2D eigenvalue weighted by molar-refractivity contribution is 0.0350. The van der Waals surface area contributed by atoms with Crippen LogP contribution in [0.1, 0.15) is 54.6 Å². The predicted octanol–water partition coefficient (Wildman–Crippen LogP) is 4.17. The second kappa shape index (κ2) is 6.65. The van der Waals surface area contributed by atoms with Crippen molar-refractivity contribution in [3.8, 4) is 11.5 Å². The van der Waals surface area contributed by atoms with E-state index in [-0.39, 0.29) is 17.1 Å². The zero-order chi connectivity index (χ0) is 19.0. The summed E-state index contributed by atoms with van der Waals surface area (Å²) in [6.07, 6.45) is 2.04. The number of hydrogen-bond acceptors (Lipinski definition) is 5. The van der Waals surface area contributed by atoms with Crippen LogP contribution in [-0.4, -0.2) is 34.6 Å². The number of Topliss-reactive ketones (excluding diaryl/α,β-unsaturated/α-hetero) is 1. The molecule has 0 radical (unpaired) electrons. The molecule has 0 atom stereocenters. The van der Waals surface area contributed by atoms with E-state index in [1.54, 1.807) is 24.3 Å². The molecule has 0 aliphatic carbocycles. The Morgan fingerprint density at radius 2 is 1.78 bits per heavy atom. The van der Waals surface area contributed by atoms with E-state index in [9.17, 15) is 9.90 Å². The smallest absolute Gasteiger partial charge is 0.170 e. The summed E-state index contributed by atoms with van der Waals surface area (Å²) >= 11 is 0.